The summed E-state index contributed by atoms with van der Waals surface area (Å²) in [5, 5.41) is 16.1. The number of allylic oxidation sites excluding steroid dienone is 1. The first kappa shape index (κ1) is 41.0. The first-order chi connectivity index (χ1) is 26.0. The van der Waals surface area contributed by atoms with Gasteiger partial charge in [-0.25, -0.2) is 9.67 Å². The van der Waals surface area contributed by atoms with E-state index >= 15 is 0 Å². The lowest BCUT2D eigenvalue weighted by Crippen LogP contribution is -2.69. The Labute approximate surface area is 334 Å². The van der Waals surface area contributed by atoms with Crippen LogP contribution in [-0.2, 0) is 14.3 Å². The molecule has 0 spiro atoms. The highest BCUT2D eigenvalue weighted by molar-refractivity contribution is 5.92. The number of nitrogens with two attached hydrogens (primary N) is 2. The van der Waals surface area contributed by atoms with Gasteiger partial charge < -0.3 is 26.0 Å². The lowest BCUT2D eigenvalue weighted by Gasteiger charge is -2.71. The third-order valence-corrected chi connectivity index (χ3v) is 17.5. The van der Waals surface area contributed by atoms with E-state index in [1.54, 1.807) is 18.5 Å². The van der Waals surface area contributed by atoms with Crippen LogP contribution in [0.15, 0.2) is 36.3 Å². The molecule has 11 heteroatoms. The molecule has 5 aliphatic rings. The van der Waals surface area contributed by atoms with Gasteiger partial charge in [-0.1, -0.05) is 80.9 Å². The van der Waals surface area contributed by atoms with Crippen LogP contribution in [0, 0.1) is 62.1 Å². The van der Waals surface area contributed by atoms with Gasteiger partial charge in [0.15, 0.2) is 5.82 Å². The van der Waals surface area contributed by atoms with Crippen molar-refractivity contribution in [2.75, 3.05) is 19.8 Å². The summed E-state index contributed by atoms with van der Waals surface area (Å²) in [5.41, 5.74) is 12.5. The summed E-state index contributed by atoms with van der Waals surface area (Å²) < 4.78 is 16.0. The number of primary amides is 1. The normalized spacial score (nSPS) is 39.7. The van der Waals surface area contributed by atoms with Gasteiger partial charge in [-0.2, -0.15) is 5.10 Å². The van der Waals surface area contributed by atoms with E-state index in [4.69, 9.17) is 31.0 Å². The maximum Gasteiger partial charge on any atom is 0.307 e. The maximum atomic E-state index is 13.6. The van der Waals surface area contributed by atoms with Crippen LogP contribution in [0.2, 0.25) is 0 Å². The van der Waals surface area contributed by atoms with Crippen LogP contribution >= 0.6 is 0 Å². The number of ether oxygens (including phenoxy) is 2. The average Bonchev–Trinajstić information content (AvgIpc) is 3.60. The van der Waals surface area contributed by atoms with Gasteiger partial charge in [0, 0.05) is 22.6 Å². The molecule has 2 bridgehead atoms. The van der Waals surface area contributed by atoms with Crippen molar-refractivity contribution in [3.63, 3.8) is 0 Å². The summed E-state index contributed by atoms with van der Waals surface area (Å²) >= 11 is 0. The van der Waals surface area contributed by atoms with Crippen LogP contribution in [0.5, 0.6) is 0 Å². The van der Waals surface area contributed by atoms with E-state index in [1.165, 1.54) is 11.8 Å². The van der Waals surface area contributed by atoms with Gasteiger partial charge in [-0.3, -0.25) is 14.6 Å². The Morgan fingerprint density at radius 1 is 1.04 bits per heavy atom. The maximum absolute atomic E-state index is 13.6. The van der Waals surface area contributed by atoms with Crippen molar-refractivity contribution in [3.05, 3.63) is 41.9 Å². The van der Waals surface area contributed by atoms with Crippen molar-refractivity contribution >= 4 is 11.9 Å². The van der Waals surface area contributed by atoms with Crippen LogP contribution in [-0.4, -0.2) is 68.2 Å². The minimum absolute atomic E-state index is 0.203. The highest BCUT2D eigenvalue weighted by Crippen LogP contribution is 2.75. The minimum atomic E-state index is -0.651. The molecule has 2 aromatic heterocycles. The van der Waals surface area contributed by atoms with Crippen molar-refractivity contribution in [3.8, 4) is 11.5 Å². The third-order valence-electron chi connectivity index (χ3n) is 17.5. The molecule has 1 saturated heterocycles. The number of nitrogens with zero attached hydrogens (tertiary/aromatic N) is 4. The lowest BCUT2D eigenvalue weighted by atomic mass is 9.34. The Morgan fingerprint density at radius 2 is 1.75 bits per heavy atom. The fourth-order valence-electron chi connectivity index (χ4n) is 13.0. The standard InChI is InChI=1S/C45H68N6O5/c1-26(2)27(3)40(7)18-19-42(9)29-13-15-33-41(8)22-55-24-45(33,30(29)16-17-43(42,10)34(40)38(53)54)20-32(35(41)56-23-44(11,47)39(4,5)6)51-37(49-25-50-51)31-14-12-28(21-48-31)36(46)52/h12,14,16,21,25-27,29,32-35H,13,15,17-20,22-24,47H2,1-11H3,(H2,46,52)(H,53,54)/t27-,29+,32-,33+,34-,35+,40-,41-,42-,43+,44+,45+/m1/s1. The Hall–Kier alpha value is -3.15. The monoisotopic (exact) mass is 773 g/mol. The molecule has 3 heterocycles. The Morgan fingerprint density at radius 3 is 2.36 bits per heavy atom. The van der Waals surface area contributed by atoms with E-state index < -0.39 is 34.2 Å². The molecule has 1 amide bonds. The molecule has 11 nitrogen and oxygen atoms in total. The molecule has 12 atom stereocenters. The largest absolute Gasteiger partial charge is 0.481 e. The average molecular weight is 773 g/mol. The van der Waals surface area contributed by atoms with Crippen LogP contribution in [0.4, 0.5) is 0 Å². The molecule has 4 fully saturated rings. The Balaban J connectivity index is 1.35. The molecule has 56 heavy (non-hydrogen) atoms. The smallest absolute Gasteiger partial charge is 0.307 e. The molecule has 4 aliphatic carbocycles. The van der Waals surface area contributed by atoms with Crippen LogP contribution in [0.25, 0.3) is 11.5 Å². The number of fused-ring (bicyclic) bond motifs is 3. The molecule has 2 aromatic rings. The molecular formula is C45H68N6O5. The fraction of sp³-hybridized carbons (Fsp3) is 0.756. The van der Waals surface area contributed by atoms with Gasteiger partial charge in [0.05, 0.1) is 43.4 Å². The highest BCUT2D eigenvalue weighted by atomic mass is 16.5. The number of carbonyl (C=O) groups is 2. The zero-order chi connectivity index (χ0) is 41.0. The predicted molar refractivity (Wildman–Crippen MR) is 216 cm³/mol. The number of carbonyl (C=O) groups excluding carboxylic acids is 1. The minimum Gasteiger partial charge on any atom is -0.481 e. The van der Waals surface area contributed by atoms with Gasteiger partial charge in [0.2, 0.25) is 5.91 Å². The van der Waals surface area contributed by atoms with Gasteiger partial charge >= 0.3 is 5.97 Å². The van der Waals surface area contributed by atoms with Crippen LogP contribution in [0.1, 0.15) is 131 Å². The van der Waals surface area contributed by atoms with E-state index in [0.717, 1.165) is 38.5 Å². The number of hydrogen-bond donors (Lipinski definition) is 3. The number of carboxylic acid groups (broad SMARTS) is 1. The zero-order valence-corrected chi connectivity index (χ0v) is 35.8. The van der Waals surface area contributed by atoms with Gasteiger partial charge in [-0.15, -0.1) is 0 Å². The number of rotatable bonds is 9. The van der Waals surface area contributed by atoms with E-state index in [2.05, 4.69) is 87.2 Å². The molecule has 5 N–H and O–H groups in total. The van der Waals surface area contributed by atoms with E-state index in [0.29, 0.717) is 42.8 Å². The van der Waals surface area contributed by atoms with Crippen molar-refractivity contribution in [2.45, 2.75) is 132 Å². The summed E-state index contributed by atoms with van der Waals surface area (Å²) in [6, 6.07) is 3.22. The predicted octanol–water partition coefficient (Wildman–Crippen LogP) is 7.72. The molecule has 0 unspecified atom stereocenters. The van der Waals surface area contributed by atoms with Crippen molar-refractivity contribution in [2.24, 2.45) is 73.5 Å². The Bertz CT molecular complexity index is 1880. The van der Waals surface area contributed by atoms with Gasteiger partial charge in [-0.05, 0) is 103 Å². The number of carboxylic acids is 1. The molecule has 308 valence electrons. The number of aliphatic carboxylic acids is 1. The topological polar surface area (TPSA) is 168 Å². The molecular weight excluding hydrogens is 705 g/mol. The molecule has 7 rings (SSSR count). The van der Waals surface area contributed by atoms with Crippen LogP contribution < -0.4 is 11.5 Å². The second-order valence-corrected chi connectivity index (χ2v) is 21.3. The van der Waals surface area contributed by atoms with Gasteiger partial charge in [0.25, 0.3) is 0 Å². The molecule has 1 aliphatic heterocycles. The SMILES string of the molecule is CC(C)[C@@H](C)[C@@]1(C)CC[C@]2(C)[C@H]3CC[C@@H]4[C@@]5(COC[C@@]4(C)[C@@H](OC[C@](C)(N)C(C)(C)C)[C@H](n4ncnc4-c4ccc(C(N)=O)cn4)C5)C3=CC[C@@]2(C)[C@@H]1C(=O)O. The molecule has 3 saturated carbocycles. The number of hydrogen-bond acceptors (Lipinski definition) is 8. The summed E-state index contributed by atoms with van der Waals surface area (Å²) in [7, 11) is 0. The van der Waals surface area contributed by atoms with Crippen molar-refractivity contribution in [1.82, 2.24) is 19.7 Å². The second kappa shape index (κ2) is 13.4. The number of pyridine rings is 1. The van der Waals surface area contributed by atoms with Gasteiger partial charge in [0.1, 0.15) is 12.0 Å². The summed E-state index contributed by atoms with van der Waals surface area (Å²) in [6.07, 6.45) is 10.6. The molecule has 0 radical (unpaired) electrons. The summed E-state index contributed by atoms with van der Waals surface area (Å²) in [4.78, 5) is 34.9. The fourth-order valence-corrected chi connectivity index (χ4v) is 13.0. The highest BCUT2D eigenvalue weighted by Gasteiger charge is 2.72. The number of amides is 1. The zero-order valence-electron chi connectivity index (χ0n) is 35.8. The quantitative estimate of drug-likeness (QED) is 0.216. The number of aromatic nitrogens is 4. The Kier molecular flexibility index (Phi) is 9.85. The lowest BCUT2D eigenvalue weighted by molar-refractivity contribution is -0.253. The summed E-state index contributed by atoms with van der Waals surface area (Å²) in [6.45, 7) is 26.1. The van der Waals surface area contributed by atoms with Crippen molar-refractivity contribution in [1.29, 1.82) is 0 Å². The molecule has 0 aromatic carbocycles. The van der Waals surface area contributed by atoms with Crippen molar-refractivity contribution < 1.29 is 24.2 Å². The third kappa shape index (κ3) is 5.78. The first-order valence-electron chi connectivity index (χ1n) is 21.1. The van der Waals surface area contributed by atoms with E-state index in [1.807, 2.05) is 4.68 Å². The second-order valence-electron chi connectivity index (χ2n) is 21.3. The van der Waals surface area contributed by atoms with E-state index in [9.17, 15) is 14.7 Å². The first-order valence-corrected chi connectivity index (χ1v) is 21.1. The summed E-state index contributed by atoms with van der Waals surface area (Å²) in [5.74, 6) is 0.139. The van der Waals surface area contributed by atoms with Crippen LogP contribution in [0.3, 0.4) is 0 Å². The van der Waals surface area contributed by atoms with E-state index in [-0.39, 0.29) is 51.6 Å².